The molecule has 5 nitrogen and oxygen atoms in total. The van der Waals surface area contributed by atoms with E-state index in [2.05, 4.69) is 4.99 Å². The molecule has 0 radical (unpaired) electrons. The Morgan fingerprint density at radius 3 is 2.54 bits per heavy atom. The van der Waals surface area contributed by atoms with Crippen LogP contribution in [0, 0.1) is 0 Å². The number of hydrogen-bond donors (Lipinski definition) is 1. The molecule has 0 atom stereocenters. The number of carbonyl (C=O) groups excluding carboxylic acids is 2. The molecule has 0 heterocycles. The van der Waals surface area contributed by atoms with Crippen LogP contribution in [-0.2, 0) is 0 Å². The van der Waals surface area contributed by atoms with Crippen LogP contribution in [0.1, 0.15) is 40.5 Å². The van der Waals surface area contributed by atoms with E-state index < -0.39 is 5.91 Å². The molecule has 0 aliphatic heterocycles. The van der Waals surface area contributed by atoms with Gasteiger partial charge in [-0.2, -0.15) is 0 Å². The molecule has 2 aromatic rings. The minimum absolute atomic E-state index is 0.243. The molecule has 0 bridgehead atoms. The lowest BCUT2D eigenvalue weighted by atomic mass is 10.1. The summed E-state index contributed by atoms with van der Waals surface area (Å²) in [6.45, 7) is 2.02. The van der Waals surface area contributed by atoms with Crippen LogP contribution in [0.2, 0.25) is 10.0 Å². The molecule has 0 saturated carbocycles. The van der Waals surface area contributed by atoms with Crippen LogP contribution in [0.4, 0.5) is 11.4 Å². The maximum absolute atomic E-state index is 11.4. The predicted octanol–water partition coefficient (Wildman–Crippen LogP) is 4.87. The lowest BCUT2D eigenvalue weighted by Crippen LogP contribution is -2.26. The van der Waals surface area contributed by atoms with E-state index in [4.69, 9.17) is 28.9 Å². The Bertz CT molecular complexity index is 866. The number of amidine groups is 1. The zero-order valence-corrected chi connectivity index (χ0v) is 16.0. The lowest BCUT2D eigenvalue weighted by Gasteiger charge is -2.22. The molecule has 0 saturated heterocycles. The topological polar surface area (TPSA) is 75.8 Å². The maximum atomic E-state index is 11.4. The molecule has 26 heavy (non-hydrogen) atoms. The van der Waals surface area contributed by atoms with Gasteiger partial charge in [0.25, 0.3) is 0 Å². The highest BCUT2D eigenvalue weighted by atomic mass is 35.5. The van der Waals surface area contributed by atoms with E-state index in [0.29, 0.717) is 34.8 Å². The van der Waals surface area contributed by atoms with E-state index in [9.17, 15) is 9.59 Å². The third kappa shape index (κ3) is 4.42. The van der Waals surface area contributed by atoms with Crippen LogP contribution >= 0.6 is 23.2 Å². The van der Waals surface area contributed by atoms with E-state index in [1.54, 1.807) is 30.3 Å². The summed E-state index contributed by atoms with van der Waals surface area (Å²) in [5.41, 5.74) is 7.08. The Hall–Kier alpha value is -2.37. The Kier molecular flexibility index (Phi) is 6.77. The van der Waals surface area contributed by atoms with Crippen molar-refractivity contribution in [1.29, 1.82) is 0 Å². The second-order valence-electron chi connectivity index (χ2n) is 5.66. The van der Waals surface area contributed by atoms with Gasteiger partial charge in [-0.1, -0.05) is 36.2 Å². The first-order valence-corrected chi connectivity index (χ1v) is 8.79. The summed E-state index contributed by atoms with van der Waals surface area (Å²) >= 11 is 12.3. The molecular weight excluding hydrogens is 373 g/mol. The molecule has 1 amide bonds. The zero-order valence-electron chi connectivity index (χ0n) is 14.5. The van der Waals surface area contributed by atoms with E-state index >= 15 is 0 Å². The van der Waals surface area contributed by atoms with Gasteiger partial charge in [0.05, 0.1) is 21.3 Å². The number of amides is 1. The van der Waals surface area contributed by atoms with Gasteiger partial charge < -0.3 is 10.6 Å². The van der Waals surface area contributed by atoms with E-state index in [0.717, 1.165) is 12.1 Å². The van der Waals surface area contributed by atoms with Gasteiger partial charge in [0.2, 0.25) is 5.91 Å². The van der Waals surface area contributed by atoms with Crippen molar-refractivity contribution in [3.63, 3.8) is 0 Å². The van der Waals surface area contributed by atoms with Gasteiger partial charge in [-0.15, -0.1) is 0 Å². The SMILES string of the molecule is CCC/C(=N/c1c(Cl)ccc(Cl)c1C=O)N(C)c1cccc(C(N)=O)c1. The van der Waals surface area contributed by atoms with Crippen molar-refractivity contribution in [3.8, 4) is 0 Å². The summed E-state index contributed by atoms with van der Waals surface area (Å²) in [6, 6.07) is 10.1. The monoisotopic (exact) mass is 391 g/mol. The number of benzene rings is 2. The van der Waals surface area contributed by atoms with Crippen molar-refractivity contribution in [1.82, 2.24) is 0 Å². The minimum Gasteiger partial charge on any atom is -0.366 e. The number of aldehydes is 1. The highest BCUT2D eigenvalue weighted by molar-refractivity contribution is 6.37. The molecule has 136 valence electrons. The number of hydrogen-bond acceptors (Lipinski definition) is 3. The lowest BCUT2D eigenvalue weighted by molar-refractivity contribution is 0.1000. The van der Waals surface area contributed by atoms with E-state index in [-0.39, 0.29) is 10.6 Å². The molecule has 2 aromatic carbocycles. The normalized spacial score (nSPS) is 11.3. The fourth-order valence-electron chi connectivity index (χ4n) is 2.45. The highest BCUT2D eigenvalue weighted by Crippen LogP contribution is 2.34. The molecule has 2 N–H and O–H groups in total. The average Bonchev–Trinajstić information content (AvgIpc) is 2.63. The van der Waals surface area contributed by atoms with Crippen molar-refractivity contribution in [2.24, 2.45) is 10.7 Å². The second-order valence-corrected chi connectivity index (χ2v) is 6.48. The van der Waals surface area contributed by atoms with Gasteiger partial charge in [-0.05, 0) is 36.8 Å². The largest absolute Gasteiger partial charge is 0.366 e. The summed E-state index contributed by atoms with van der Waals surface area (Å²) < 4.78 is 0. The van der Waals surface area contributed by atoms with Crippen molar-refractivity contribution < 1.29 is 9.59 Å². The molecule has 0 aromatic heterocycles. The van der Waals surface area contributed by atoms with Crippen molar-refractivity contribution in [2.45, 2.75) is 19.8 Å². The first-order chi connectivity index (χ1) is 12.4. The third-order valence-electron chi connectivity index (χ3n) is 3.85. The van der Waals surface area contributed by atoms with Crippen LogP contribution in [0.25, 0.3) is 0 Å². The number of aliphatic imine (C=N–C) groups is 1. The molecule has 2 rings (SSSR count). The number of nitrogens with zero attached hydrogens (tertiary/aromatic N) is 2. The minimum atomic E-state index is -0.504. The average molecular weight is 392 g/mol. The number of anilines is 1. The van der Waals surface area contributed by atoms with Gasteiger partial charge >= 0.3 is 0 Å². The molecule has 0 aliphatic rings. The Labute approximate surface area is 162 Å². The van der Waals surface area contributed by atoms with Crippen molar-refractivity contribution in [3.05, 3.63) is 57.6 Å². The number of primary amides is 1. The molecule has 0 aliphatic carbocycles. The Balaban J connectivity index is 2.54. The van der Waals surface area contributed by atoms with Crippen molar-refractivity contribution >= 4 is 52.6 Å². The van der Waals surface area contributed by atoms with Crippen LogP contribution in [0.15, 0.2) is 41.4 Å². The maximum Gasteiger partial charge on any atom is 0.248 e. The summed E-state index contributed by atoms with van der Waals surface area (Å²) in [4.78, 5) is 29.3. The van der Waals surface area contributed by atoms with Gasteiger partial charge in [-0.25, -0.2) is 4.99 Å². The number of rotatable bonds is 6. The smallest absolute Gasteiger partial charge is 0.248 e. The highest BCUT2D eigenvalue weighted by Gasteiger charge is 2.15. The molecule has 0 spiro atoms. The van der Waals surface area contributed by atoms with Gasteiger partial charge in [0, 0.05) is 24.7 Å². The molecule has 0 unspecified atom stereocenters. The fraction of sp³-hybridized carbons (Fsp3) is 0.211. The first kappa shape index (κ1) is 19.9. The Morgan fingerprint density at radius 1 is 1.23 bits per heavy atom. The third-order valence-corrected chi connectivity index (χ3v) is 4.49. The van der Waals surface area contributed by atoms with Gasteiger partial charge in [-0.3, -0.25) is 9.59 Å². The zero-order chi connectivity index (χ0) is 19.3. The molecule has 0 fully saturated rings. The van der Waals surface area contributed by atoms with Gasteiger partial charge in [0.1, 0.15) is 5.84 Å². The second kappa shape index (κ2) is 8.83. The van der Waals surface area contributed by atoms with Crippen LogP contribution < -0.4 is 10.6 Å². The van der Waals surface area contributed by atoms with Crippen molar-refractivity contribution in [2.75, 3.05) is 11.9 Å². The standard InChI is InChI=1S/C19H19Cl2N3O2/c1-3-5-17(23-18-14(11-25)15(20)8-9-16(18)21)24(2)13-7-4-6-12(10-13)19(22)26/h4,6-11H,3,5H2,1-2H3,(H2,22,26)/b23-17-. The number of halogens is 2. The summed E-state index contributed by atoms with van der Waals surface area (Å²) in [5.74, 6) is 0.178. The first-order valence-electron chi connectivity index (χ1n) is 8.03. The fourth-order valence-corrected chi connectivity index (χ4v) is 2.85. The molecular formula is C19H19Cl2N3O2. The molecule has 7 heteroatoms. The summed E-state index contributed by atoms with van der Waals surface area (Å²) in [5, 5.41) is 0.627. The van der Waals surface area contributed by atoms with Gasteiger partial charge in [0.15, 0.2) is 6.29 Å². The number of nitrogens with two attached hydrogens (primary N) is 1. The quantitative estimate of drug-likeness (QED) is 0.433. The van der Waals surface area contributed by atoms with Crippen LogP contribution in [0.5, 0.6) is 0 Å². The van der Waals surface area contributed by atoms with E-state index in [1.807, 2.05) is 24.9 Å². The predicted molar refractivity (Wildman–Crippen MR) is 107 cm³/mol. The van der Waals surface area contributed by atoms with Crippen LogP contribution in [-0.4, -0.2) is 25.1 Å². The summed E-state index contributed by atoms with van der Waals surface area (Å²) in [6.07, 6.45) is 2.11. The van der Waals surface area contributed by atoms with Crippen LogP contribution in [0.3, 0.4) is 0 Å². The van der Waals surface area contributed by atoms with E-state index in [1.165, 1.54) is 0 Å². The number of carbonyl (C=O) groups is 2. The Morgan fingerprint density at radius 2 is 1.92 bits per heavy atom. The summed E-state index contributed by atoms with van der Waals surface area (Å²) in [7, 11) is 1.83.